The van der Waals surface area contributed by atoms with Crippen LogP contribution in [-0.4, -0.2) is 14.6 Å². The Morgan fingerprint density at radius 1 is 1.64 bits per heavy atom. The molecule has 2 heterocycles. The molecule has 2 rings (SSSR count). The third-order valence-corrected chi connectivity index (χ3v) is 1.36. The summed E-state index contributed by atoms with van der Waals surface area (Å²) in [6.07, 6.45) is 2.45. The van der Waals surface area contributed by atoms with Crippen LogP contribution in [0.25, 0.3) is 5.65 Å². The van der Waals surface area contributed by atoms with Crippen LogP contribution < -0.4 is 5.56 Å². The van der Waals surface area contributed by atoms with E-state index in [1.165, 1.54) is 16.8 Å². The molecule has 0 aliphatic heterocycles. The predicted molar refractivity (Wildman–Crippen MR) is 35.8 cm³/mol. The van der Waals surface area contributed by atoms with E-state index >= 15 is 0 Å². The van der Waals surface area contributed by atoms with E-state index in [1.807, 2.05) is 0 Å². The highest BCUT2D eigenvalue weighted by molar-refractivity contribution is 5.36. The van der Waals surface area contributed by atoms with Gasteiger partial charge in [0.15, 0.2) is 11.5 Å². The summed E-state index contributed by atoms with van der Waals surface area (Å²) in [5, 5.41) is 3.63. The summed E-state index contributed by atoms with van der Waals surface area (Å²) >= 11 is 0. The maximum Gasteiger partial charge on any atom is 0.251 e. The molecule has 0 aliphatic carbocycles. The smallest absolute Gasteiger partial charge is 0.251 e. The van der Waals surface area contributed by atoms with E-state index in [4.69, 9.17) is 0 Å². The molecule has 0 aromatic carbocycles. The zero-order chi connectivity index (χ0) is 7.84. The van der Waals surface area contributed by atoms with Gasteiger partial charge in [-0.25, -0.2) is 8.91 Å². The van der Waals surface area contributed by atoms with Crippen molar-refractivity contribution in [1.29, 1.82) is 0 Å². The highest BCUT2D eigenvalue weighted by Gasteiger charge is 2.01. The first-order chi connectivity index (χ1) is 5.27. The molecule has 56 valence electrons. The van der Waals surface area contributed by atoms with E-state index < -0.39 is 5.82 Å². The summed E-state index contributed by atoms with van der Waals surface area (Å²) in [5.74, 6) is -0.525. The van der Waals surface area contributed by atoms with Gasteiger partial charge in [-0.1, -0.05) is 0 Å². The molecule has 0 spiro atoms. The molecule has 0 fully saturated rings. The molecular weight excluding hydrogens is 149 g/mol. The van der Waals surface area contributed by atoms with Crippen molar-refractivity contribution in [2.24, 2.45) is 0 Å². The molecule has 2 aromatic rings. The van der Waals surface area contributed by atoms with Gasteiger partial charge in [-0.05, 0) is 0 Å². The fourth-order valence-electron chi connectivity index (χ4n) is 0.868. The van der Waals surface area contributed by atoms with Crippen molar-refractivity contribution < 1.29 is 4.39 Å². The highest BCUT2D eigenvalue weighted by Crippen LogP contribution is 2.00. The van der Waals surface area contributed by atoms with Crippen molar-refractivity contribution in [3.8, 4) is 0 Å². The second kappa shape index (κ2) is 1.91. The first kappa shape index (κ1) is 6.09. The van der Waals surface area contributed by atoms with Crippen LogP contribution in [0.3, 0.4) is 0 Å². The molecule has 0 saturated heterocycles. The average molecular weight is 153 g/mol. The number of aromatic nitrogens is 3. The lowest BCUT2D eigenvalue weighted by Gasteiger charge is -1.88. The molecule has 0 aliphatic rings. The monoisotopic (exact) mass is 153 g/mol. The van der Waals surface area contributed by atoms with Crippen molar-refractivity contribution in [2.75, 3.05) is 0 Å². The van der Waals surface area contributed by atoms with Crippen molar-refractivity contribution in [3.05, 3.63) is 34.6 Å². The summed E-state index contributed by atoms with van der Waals surface area (Å²) in [6.45, 7) is 0. The minimum atomic E-state index is -0.525. The average Bonchev–Trinajstić information content (AvgIpc) is 2.33. The standard InChI is InChI=1S/C6H4FN3O/c7-4-3-8-10-2-1-5(11)9-6(4)10/h1-3H,(H,9,11). The molecule has 0 saturated carbocycles. The third-order valence-electron chi connectivity index (χ3n) is 1.36. The maximum atomic E-state index is 12.7. The number of aromatic amines is 1. The molecule has 0 amide bonds. The SMILES string of the molecule is O=c1ccn2ncc(F)c2[nH]1. The number of halogens is 1. The largest absolute Gasteiger partial charge is 0.304 e. The minimum absolute atomic E-state index is 0.0949. The summed E-state index contributed by atoms with van der Waals surface area (Å²) in [7, 11) is 0. The molecule has 2 aromatic heterocycles. The molecule has 0 bridgehead atoms. The van der Waals surface area contributed by atoms with Gasteiger partial charge in [-0.3, -0.25) is 4.79 Å². The molecule has 0 unspecified atom stereocenters. The first-order valence-electron chi connectivity index (χ1n) is 2.99. The van der Waals surface area contributed by atoms with Gasteiger partial charge in [-0.15, -0.1) is 0 Å². The van der Waals surface area contributed by atoms with Crippen LogP contribution in [0.15, 0.2) is 23.3 Å². The zero-order valence-corrected chi connectivity index (χ0v) is 5.41. The Morgan fingerprint density at radius 3 is 3.27 bits per heavy atom. The van der Waals surface area contributed by atoms with E-state index in [0.717, 1.165) is 6.20 Å². The van der Waals surface area contributed by atoms with Gasteiger partial charge < -0.3 is 4.98 Å². The Balaban J connectivity index is 2.98. The number of nitrogens with one attached hydrogen (secondary N) is 1. The zero-order valence-electron chi connectivity index (χ0n) is 5.41. The number of H-pyrrole nitrogens is 1. The lowest BCUT2D eigenvalue weighted by molar-refractivity contribution is 0.635. The normalized spacial score (nSPS) is 10.6. The lowest BCUT2D eigenvalue weighted by Crippen LogP contribution is -2.06. The van der Waals surface area contributed by atoms with E-state index in [1.54, 1.807) is 0 Å². The van der Waals surface area contributed by atoms with Crippen LogP contribution in [0.1, 0.15) is 0 Å². The Kier molecular flexibility index (Phi) is 1.06. The van der Waals surface area contributed by atoms with Crippen LogP contribution >= 0.6 is 0 Å². The quantitative estimate of drug-likeness (QED) is 0.586. The molecular formula is C6H4FN3O. The van der Waals surface area contributed by atoms with Crippen LogP contribution in [0.2, 0.25) is 0 Å². The summed E-state index contributed by atoms with van der Waals surface area (Å²) in [5.41, 5.74) is -0.241. The maximum absolute atomic E-state index is 12.7. The summed E-state index contributed by atoms with van der Waals surface area (Å²) in [4.78, 5) is 13.0. The van der Waals surface area contributed by atoms with Crippen LogP contribution in [-0.2, 0) is 0 Å². The summed E-state index contributed by atoms with van der Waals surface area (Å²) in [6, 6.07) is 1.28. The molecule has 4 nitrogen and oxygen atoms in total. The highest BCUT2D eigenvalue weighted by atomic mass is 19.1. The van der Waals surface area contributed by atoms with Gasteiger partial charge in [0.1, 0.15) is 0 Å². The molecule has 0 radical (unpaired) electrons. The Bertz CT molecular complexity index is 444. The van der Waals surface area contributed by atoms with Crippen molar-refractivity contribution >= 4 is 5.65 Å². The van der Waals surface area contributed by atoms with Crippen LogP contribution in [0, 0.1) is 5.82 Å². The first-order valence-corrected chi connectivity index (χ1v) is 2.99. The fourth-order valence-corrected chi connectivity index (χ4v) is 0.868. The molecule has 0 atom stereocenters. The van der Waals surface area contributed by atoms with Crippen molar-refractivity contribution in [3.63, 3.8) is 0 Å². The van der Waals surface area contributed by atoms with Gasteiger partial charge >= 0.3 is 0 Å². The number of hydrogen-bond donors (Lipinski definition) is 1. The topological polar surface area (TPSA) is 50.2 Å². The number of nitrogens with zero attached hydrogens (tertiary/aromatic N) is 2. The van der Waals surface area contributed by atoms with Gasteiger partial charge in [-0.2, -0.15) is 5.10 Å². The second-order valence-corrected chi connectivity index (χ2v) is 2.09. The van der Waals surface area contributed by atoms with Crippen LogP contribution in [0.5, 0.6) is 0 Å². The van der Waals surface area contributed by atoms with Crippen molar-refractivity contribution in [2.45, 2.75) is 0 Å². The van der Waals surface area contributed by atoms with Gasteiger partial charge in [0.05, 0.1) is 6.20 Å². The Hall–Kier alpha value is -1.65. The van der Waals surface area contributed by atoms with E-state index in [9.17, 15) is 9.18 Å². The number of rotatable bonds is 0. The molecule has 11 heavy (non-hydrogen) atoms. The fraction of sp³-hybridized carbons (Fsp3) is 0. The molecule has 5 heteroatoms. The lowest BCUT2D eigenvalue weighted by atomic mass is 10.6. The van der Waals surface area contributed by atoms with Gasteiger partial charge in [0.25, 0.3) is 5.56 Å². The second-order valence-electron chi connectivity index (χ2n) is 2.09. The van der Waals surface area contributed by atoms with Crippen LogP contribution in [0.4, 0.5) is 4.39 Å². The molecule has 1 N–H and O–H groups in total. The van der Waals surface area contributed by atoms with E-state index in [0.29, 0.717) is 0 Å². The van der Waals surface area contributed by atoms with Gasteiger partial charge in [0.2, 0.25) is 0 Å². The Labute approximate surface area is 60.3 Å². The third kappa shape index (κ3) is 0.813. The van der Waals surface area contributed by atoms with Gasteiger partial charge in [0, 0.05) is 12.3 Å². The number of hydrogen-bond acceptors (Lipinski definition) is 2. The van der Waals surface area contributed by atoms with Crippen molar-refractivity contribution in [1.82, 2.24) is 14.6 Å². The predicted octanol–water partition coefficient (Wildman–Crippen LogP) is 0.162. The van der Waals surface area contributed by atoms with E-state index in [2.05, 4.69) is 10.1 Å². The number of fused-ring (bicyclic) bond motifs is 1. The van der Waals surface area contributed by atoms with E-state index in [-0.39, 0.29) is 11.2 Å². The summed E-state index contributed by atoms with van der Waals surface area (Å²) < 4.78 is 13.9. The minimum Gasteiger partial charge on any atom is -0.304 e. The Morgan fingerprint density at radius 2 is 2.45 bits per heavy atom.